The molecule has 1 aliphatic carbocycles. The molecule has 2 amide bonds. The third-order valence-electron chi connectivity index (χ3n) is 5.10. The number of hydrogen-bond donors (Lipinski definition) is 2. The lowest BCUT2D eigenvalue weighted by atomic mass is 9.79. The van der Waals surface area contributed by atoms with Crippen molar-refractivity contribution in [3.05, 3.63) is 29.8 Å². The summed E-state index contributed by atoms with van der Waals surface area (Å²) in [7, 11) is 0. The fourth-order valence-electron chi connectivity index (χ4n) is 3.42. The van der Waals surface area contributed by atoms with E-state index >= 15 is 0 Å². The molecule has 1 aliphatic rings. The van der Waals surface area contributed by atoms with E-state index in [0.29, 0.717) is 5.92 Å². The molecule has 1 aromatic carbocycles. The first kappa shape index (κ1) is 18.5. The van der Waals surface area contributed by atoms with Gasteiger partial charge in [-0.3, -0.25) is 9.59 Å². The summed E-state index contributed by atoms with van der Waals surface area (Å²) in [6.45, 7) is 8.03. The Hall–Kier alpha value is -1.84. The zero-order valence-electron chi connectivity index (χ0n) is 15.3. The van der Waals surface area contributed by atoms with Crippen LogP contribution in [0, 0.1) is 24.7 Å². The van der Waals surface area contributed by atoms with Gasteiger partial charge in [-0.05, 0) is 43.2 Å². The number of amides is 2. The Bertz CT molecular complexity index is 583. The molecular weight excluding hydrogens is 300 g/mol. The van der Waals surface area contributed by atoms with Crippen LogP contribution >= 0.6 is 0 Å². The highest BCUT2D eigenvalue weighted by atomic mass is 16.2. The Morgan fingerprint density at radius 3 is 2.42 bits per heavy atom. The van der Waals surface area contributed by atoms with Gasteiger partial charge >= 0.3 is 0 Å². The van der Waals surface area contributed by atoms with Crippen LogP contribution in [0.15, 0.2) is 24.3 Å². The molecule has 4 heteroatoms. The number of anilines is 1. The summed E-state index contributed by atoms with van der Waals surface area (Å²) >= 11 is 0. The van der Waals surface area contributed by atoms with Crippen molar-refractivity contribution in [2.24, 2.45) is 17.8 Å². The maximum absolute atomic E-state index is 12.7. The smallest absolute Gasteiger partial charge is 0.247 e. The Labute approximate surface area is 145 Å². The minimum atomic E-state index is -0.508. The zero-order valence-corrected chi connectivity index (χ0v) is 15.3. The van der Waals surface area contributed by atoms with Crippen molar-refractivity contribution in [2.45, 2.75) is 59.4 Å². The SMILES string of the molecule is Cc1ccccc1NC(=O)C(NC(=O)C1CCCCC1C)C(C)C. The van der Waals surface area contributed by atoms with Crippen molar-refractivity contribution in [1.29, 1.82) is 0 Å². The molecule has 2 N–H and O–H groups in total. The largest absolute Gasteiger partial charge is 0.344 e. The molecule has 1 saturated carbocycles. The lowest BCUT2D eigenvalue weighted by molar-refractivity contribution is -0.132. The highest BCUT2D eigenvalue weighted by molar-refractivity contribution is 5.98. The summed E-state index contributed by atoms with van der Waals surface area (Å²) < 4.78 is 0. The van der Waals surface area contributed by atoms with Gasteiger partial charge in [0, 0.05) is 11.6 Å². The molecule has 4 nitrogen and oxygen atoms in total. The van der Waals surface area contributed by atoms with Crippen LogP contribution in [-0.2, 0) is 9.59 Å². The molecule has 3 atom stereocenters. The Morgan fingerprint density at radius 2 is 1.79 bits per heavy atom. The van der Waals surface area contributed by atoms with Crippen molar-refractivity contribution in [1.82, 2.24) is 5.32 Å². The van der Waals surface area contributed by atoms with E-state index in [4.69, 9.17) is 0 Å². The van der Waals surface area contributed by atoms with Gasteiger partial charge in [0.15, 0.2) is 0 Å². The molecule has 0 aromatic heterocycles. The number of aryl methyl sites for hydroxylation is 1. The summed E-state index contributed by atoms with van der Waals surface area (Å²) in [5.41, 5.74) is 1.81. The molecule has 0 spiro atoms. The Morgan fingerprint density at radius 1 is 1.12 bits per heavy atom. The number of carbonyl (C=O) groups is 2. The molecule has 2 rings (SSSR count). The second-order valence-electron chi connectivity index (χ2n) is 7.40. The molecule has 0 bridgehead atoms. The van der Waals surface area contributed by atoms with Gasteiger partial charge in [0.25, 0.3) is 0 Å². The number of carbonyl (C=O) groups excluding carboxylic acids is 2. The van der Waals surface area contributed by atoms with Gasteiger partial charge in [0.2, 0.25) is 11.8 Å². The second-order valence-corrected chi connectivity index (χ2v) is 7.40. The highest BCUT2D eigenvalue weighted by Crippen LogP contribution is 2.30. The van der Waals surface area contributed by atoms with Gasteiger partial charge in [-0.1, -0.05) is 51.8 Å². The van der Waals surface area contributed by atoms with E-state index in [1.54, 1.807) is 0 Å². The normalized spacial score (nSPS) is 22.0. The molecule has 0 saturated heterocycles. The van der Waals surface area contributed by atoms with Gasteiger partial charge in [0.1, 0.15) is 6.04 Å². The summed E-state index contributed by atoms with van der Waals surface area (Å²) in [5, 5.41) is 5.96. The molecule has 3 unspecified atom stereocenters. The van der Waals surface area contributed by atoms with Crippen LogP contribution in [0.4, 0.5) is 5.69 Å². The van der Waals surface area contributed by atoms with Crippen LogP contribution in [0.5, 0.6) is 0 Å². The quantitative estimate of drug-likeness (QED) is 0.860. The minimum Gasteiger partial charge on any atom is -0.344 e. The van der Waals surface area contributed by atoms with Crippen LogP contribution in [-0.4, -0.2) is 17.9 Å². The van der Waals surface area contributed by atoms with Gasteiger partial charge in [-0.25, -0.2) is 0 Å². The van der Waals surface area contributed by atoms with E-state index in [1.165, 1.54) is 6.42 Å². The van der Waals surface area contributed by atoms with E-state index in [1.807, 2.05) is 45.0 Å². The topological polar surface area (TPSA) is 58.2 Å². The van der Waals surface area contributed by atoms with E-state index in [9.17, 15) is 9.59 Å². The van der Waals surface area contributed by atoms with Crippen LogP contribution in [0.25, 0.3) is 0 Å². The fraction of sp³-hybridized carbons (Fsp3) is 0.600. The maximum atomic E-state index is 12.7. The standard InChI is InChI=1S/C20H30N2O2/c1-13(2)18(20(24)21-17-12-8-6-10-15(17)4)22-19(23)16-11-7-5-9-14(16)3/h6,8,10,12-14,16,18H,5,7,9,11H2,1-4H3,(H,21,24)(H,22,23). The molecule has 0 radical (unpaired) electrons. The van der Waals surface area contributed by atoms with E-state index < -0.39 is 6.04 Å². The maximum Gasteiger partial charge on any atom is 0.247 e. The summed E-state index contributed by atoms with van der Waals surface area (Å²) in [6, 6.07) is 7.18. The number of benzene rings is 1. The summed E-state index contributed by atoms with van der Waals surface area (Å²) in [6.07, 6.45) is 4.33. The van der Waals surface area contributed by atoms with Gasteiger partial charge in [-0.15, -0.1) is 0 Å². The second kappa shape index (κ2) is 8.32. The van der Waals surface area contributed by atoms with Gasteiger partial charge in [-0.2, -0.15) is 0 Å². The number of para-hydroxylation sites is 1. The first-order valence-electron chi connectivity index (χ1n) is 9.07. The predicted octanol–water partition coefficient (Wildman–Crippen LogP) is 3.90. The molecule has 0 heterocycles. The average Bonchev–Trinajstić information content (AvgIpc) is 2.54. The molecule has 1 aromatic rings. The number of nitrogens with one attached hydrogen (secondary N) is 2. The first-order valence-corrected chi connectivity index (χ1v) is 9.07. The minimum absolute atomic E-state index is 0.0285. The first-order chi connectivity index (χ1) is 11.4. The van der Waals surface area contributed by atoms with E-state index in [-0.39, 0.29) is 23.7 Å². The van der Waals surface area contributed by atoms with Gasteiger partial charge < -0.3 is 10.6 Å². The number of rotatable bonds is 5. The Kier molecular flexibility index (Phi) is 6.41. The third kappa shape index (κ3) is 4.59. The molecule has 24 heavy (non-hydrogen) atoms. The third-order valence-corrected chi connectivity index (χ3v) is 5.10. The molecule has 132 valence electrons. The number of hydrogen-bond acceptors (Lipinski definition) is 2. The lowest BCUT2D eigenvalue weighted by Gasteiger charge is -2.30. The fourth-order valence-corrected chi connectivity index (χ4v) is 3.42. The molecule has 0 aliphatic heterocycles. The molecular formula is C20H30N2O2. The van der Waals surface area contributed by atoms with Crippen LogP contribution in [0.1, 0.15) is 52.0 Å². The van der Waals surface area contributed by atoms with Crippen LogP contribution in [0.2, 0.25) is 0 Å². The monoisotopic (exact) mass is 330 g/mol. The predicted molar refractivity (Wildman–Crippen MR) is 97.7 cm³/mol. The van der Waals surface area contributed by atoms with Crippen molar-refractivity contribution in [3.63, 3.8) is 0 Å². The van der Waals surface area contributed by atoms with Gasteiger partial charge in [0.05, 0.1) is 0 Å². The molecule has 1 fully saturated rings. The highest BCUT2D eigenvalue weighted by Gasteiger charge is 2.32. The Balaban J connectivity index is 2.04. The van der Waals surface area contributed by atoms with Crippen molar-refractivity contribution in [2.75, 3.05) is 5.32 Å². The van der Waals surface area contributed by atoms with Crippen molar-refractivity contribution < 1.29 is 9.59 Å². The average molecular weight is 330 g/mol. The lowest BCUT2D eigenvalue weighted by Crippen LogP contribution is -2.50. The summed E-state index contributed by atoms with van der Waals surface area (Å²) in [4.78, 5) is 25.3. The summed E-state index contributed by atoms with van der Waals surface area (Å²) in [5.74, 6) is 0.353. The zero-order chi connectivity index (χ0) is 17.7. The van der Waals surface area contributed by atoms with E-state index in [2.05, 4.69) is 17.6 Å². The van der Waals surface area contributed by atoms with Crippen molar-refractivity contribution in [3.8, 4) is 0 Å². The van der Waals surface area contributed by atoms with Crippen LogP contribution in [0.3, 0.4) is 0 Å². The van der Waals surface area contributed by atoms with E-state index in [0.717, 1.165) is 30.5 Å². The van der Waals surface area contributed by atoms with Crippen LogP contribution < -0.4 is 10.6 Å². The van der Waals surface area contributed by atoms with Crippen molar-refractivity contribution >= 4 is 17.5 Å².